The van der Waals surface area contributed by atoms with E-state index in [9.17, 15) is 18.8 Å². The number of amides is 3. The van der Waals surface area contributed by atoms with Gasteiger partial charge in [0, 0.05) is 33.1 Å². The smallest absolute Gasteiger partial charge is 0.240 e. The number of likely N-dealkylation sites (tertiary alicyclic amines) is 1. The van der Waals surface area contributed by atoms with Gasteiger partial charge in [0.1, 0.15) is 11.5 Å². The van der Waals surface area contributed by atoms with Gasteiger partial charge in [-0.15, -0.1) is 0 Å². The lowest BCUT2D eigenvalue weighted by Crippen LogP contribution is -2.41. The number of hydrogen-bond donors (Lipinski definition) is 0. The Morgan fingerprint density at radius 2 is 2.00 bits per heavy atom. The number of fused-ring (bicyclic) bond motifs is 1. The first kappa shape index (κ1) is 20.7. The number of benzene rings is 1. The molecule has 7 nitrogen and oxygen atoms in total. The minimum atomic E-state index is -1.41. The molecule has 8 heteroatoms. The number of aromatic nitrogens is 2. The molecule has 3 amide bonds. The molecule has 4 rings (SSSR count). The number of halogens is 1. The van der Waals surface area contributed by atoms with Crippen LogP contribution in [0.5, 0.6) is 0 Å². The van der Waals surface area contributed by atoms with E-state index in [4.69, 9.17) is 0 Å². The van der Waals surface area contributed by atoms with Gasteiger partial charge in [0.05, 0.1) is 23.3 Å². The molecule has 3 aromatic rings. The molecule has 0 saturated carbocycles. The first-order valence-corrected chi connectivity index (χ1v) is 9.96. The van der Waals surface area contributed by atoms with Crippen molar-refractivity contribution in [3.63, 3.8) is 0 Å². The maximum Gasteiger partial charge on any atom is 0.240 e. The highest BCUT2D eigenvalue weighted by Crippen LogP contribution is 2.40. The van der Waals surface area contributed by atoms with Gasteiger partial charge in [0.15, 0.2) is 0 Å². The number of rotatable bonds is 5. The van der Waals surface area contributed by atoms with Gasteiger partial charge in [0.25, 0.3) is 0 Å². The molecule has 0 aliphatic carbocycles. The maximum atomic E-state index is 13.9. The lowest BCUT2D eigenvalue weighted by atomic mass is 9.75. The molecule has 1 atom stereocenters. The third kappa shape index (κ3) is 3.48. The fourth-order valence-corrected chi connectivity index (χ4v) is 4.20. The zero-order chi connectivity index (χ0) is 22.3. The highest BCUT2D eigenvalue weighted by atomic mass is 19.1. The third-order valence-electron chi connectivity index (χ3n) is 6.01. The normalized spacial score (nSPS) is 18.8. The molecule has 1 aromatic carbocycles. The summed E-state index contributed by atoms with van der Waals surface area (Å²) in [6.45, 7) is 2.16. The van der Waals surface area contributed by atoms with Crippen molar-refractivity contribution < 1.29 is 18.8 Å². The molecule has 0 N–H and O–H groups in total. The molecular weight excluding hydrogens is 399 g/mol. The Balaban J connectivity index is 1.64. The SMILES string of the molecule is Cc1nc2ccccn2c1CN(C)C(=O)CC1(c2cccc(F)c2)CC(=O)N(C)C1=O. The summed E-state index contributed by atoms with van der Waals surface area (Å²) in [6.07, 6.45) is 1.49. The highest BCUT2D eigenvalue weighted by molar-refractivity contribution is 6.10. The molecule has 1 unspecified atom stereocenters. The van der Waals surface area contributed by atoms with E-state index in [0.717, 1.165) is 21.9 Å². The lowest BCUT2D eigenvalue weighted by Gasteiger charge is -2.28. The molecule has 3 heterocycles. The van der Waals surface area contributed by atoms with Gasteiger partial charge >= 0.3 is 0 Å². The van der Waals surface area contributed by atoms with Crippen molar-refractivity contribution in [1.82, 2.24) is 19.2 Å². The zero-order valence-corrected chi connectivity index (χ0v) is 17.6. The van der Waals surface area contributed by atoms with E-state index in [1.165, 1.54) is 30.1 Å². The van der Waals surface area contributed by atoms with Crippen LogP contribution < -0.4 is 0 Å². The molecular formula is C23H23FN4O3. The Hall–Kier alpha value is -3.55. The van der Waals surface area contributed by atoms with E-state index >= 15 is 0 Å². The lowest BCUT2D eigenvalue weighted by molar-refractivity contribution is -0.141. The third-order valence-corrected chi connectivity index (χ3v) is 6.01. The van der Waals surface area contributed by atoms with Gasteiger partial charge in [-0.3, -0.25) is 19.3 Å². The number of carbonyl (C=O) groups excluding carboxylic acids is 3. The second-order valence-corrected chi connectivity index (χ2v) is 8.03. The quantitative estimate of drug-likeness (QED) is 0.592. The van der Waals surface area contributed by atoms with Crippen LogP contribution >= 0.6 is 0 Å². The molecule has 2 aromatic heterocycles. The van der Waals surface area contributed by atoms with Crippen molar-refractivity contribution in [2.24, 2.45) is 0 Å². The second-order valence-electron chi connectivity index (χ2n) is 8.03. The summed E-state index contributed by atoms with van der Waals surface area (Å²) in [5, 5.41) is 0. The summed E-state index contributed by atoms with van der Waals surface area (Å²) in [7, 11) is 3.04. The fourth-order valence-electron chi connectivity index (χ4n) is 4.20. The Kier molecular flexibility index (Phi) is 5.08. The van der Waals surface area contributed by atoms with Crippen molar-refractivity contribution >= 4 is 23.4 Å². The molecule has 0 bridgehead atoms. The van der Waals surface area contributed by atoms with E-state index in [-0.39, 0.29) is 31.2 Å². The van der Waals surface area contributed by atoms with Crippen LogP contribution in [0.25, 0.3) is 5.65 Å². The van der Waals surface area contributed by atoms with Crippen LogP contribution in [0.15, 0.2) is 48.7 Å². The zero-order valence-electron chi connectivity index (χ0n) is 17.6. The van der Waals surface area contributed by atoms with Crippen molar-refractivity contribution in [3.05, 3.63) is 71.4 Å². The van der Waals surface area contributed by atoms with Crippen molar-refractivity contribution in [1.29, 1.82) is 0 Å². The number of aryl methyl sites for hydroxylation is 1. The number of imide groups is 1. The van der Waals surface area contributed by atoms with Gasteiger partial charge < -0.3 is 9.30 Å². The van der Waals surface area contributed by atoms with Crippen molar-refractivity contribution in [3.8, 4) is 0 Å². The standard InChI is InChI=1S/C23H23FN4O3/c1-15-18(28-10-5-4-9-19(28)25-15)14-26(2)20(29)12-23(13-21(30)27(3)22(23)31)16-7-6-8-17(24)11-16/h4-11H,12-14H2,1-3H3. The van der Waals surface area contributed by atoms with E-state index in [2.05, 4.69) is 4.98 Å². The number of pyridine rings is 1. The average Bonchev–Trinajstić information content (AvgIpc) is 3.17. The predicted molar refractivity (Wildman–Crippen MR) is 111 cm³/mol. The van der Waals surface area contributed by atoms with Gasteiger partial charge in [-0.25, -0.2) is 9.37 Å². The summed E-state index contributed by atoms with van der Waals surface area (Å²) in [5.74, 6) is -1.71. The van der Waals surface area contributed by atoms with Gasteiger partial charge in [0.2, 0.25) is 17.7 Å². The van der Waals surface area contributed by atoms with E-state index < -0.39 is 17.1 Å². The number of carbonyl (C=O) groups is 3. The Bertz CT molecular complexity index is 1200. The van der Waals surface area contributed by atoms with Crippen LogP contribution in [-0.4, -0.2) is 51.0 Å². The summed E-state index contributed by atoms with van der Waals surface area (Å²) in [6, 6.07) is 11.2. The number of imidazole rings is 1. The molecule has 31 heavy (non-hydrogen) atoms. The van der Waals surface area contributed by atoms with Crippen LogP contribution in [0.3, 0.4) is 0 Å². The highest BCUT2D eigenvalue weighted by Gasteiger charge is 2.52. The van der Waals surface area contributed by atoms with Gasteiger partial charge in [-0.05, 0) is 36.8 Å². The summed E-state index contributed by atoms with van der Waals surface area (Å²) in [4.78, 5) is 45.6. The molecule has 0 radical (unpaired) electrons. The molecule has 1 aliphatic rings. The largest absolute Gasteiger partial charge is 0.340 e. The summed E-state index contributed by atoms with van der Waals surface area (Å²) in [5.41, 5.74) is 1.37. The number of likely N-dealkylation sites (N-methyl/N-ethyl adjacent to an activating group) is 1. The Morgan fingerprint density at radius 1 is 1.23 bits per heavy atom. The molecule has 0 spiro atoms. The number of hydrogen-bond acceptors (Lipinski definition) is 4. The average molecular weight is 422 g/mol. The Morgan fingerprint density at radius 3 is 2.68 bits per heavy atom. The molecule has 1 saturated heterocycles. The van der Waals surface area contributed by atoms with Crippen LogP contribution in [0.2, 0.25) is 0 Å². The summed E-state index contributed by atoms with van der Waals surface area (Å²) >= 11 is 0. The number of nitrogens with zero attached hydrogens (tertiary/aromatic N) is 4. The predicted octanol–water partition coefficient (Wildman–Crippen LogP) is 2.46. The molecule has 1 fully saturated rings. The van der Waals surface area contributed by atoms with E-state index in [0.29, 0.717) is 5.56 Å². The summed E-state index contributed by atoms with van der Waals surface area (Å²) < 4.78 is 15.9. The second kappa shape index (κ2) is 7.61. The van der Waals surface area contributed by atoms with Crippen molar-refractivity contribution in [2.75, 3.05) is 14.1 Å². The van der Waals surface area contributed by atoms with E-state index in [1.54, 1.807) is 13.1 Å². The first-order valence-electron chi connectivity index (χ1n) is 9.96. The Labute approximate surface area is 179 Å². The van der Waals surface area contributed by atoms with Crippen LogP contribution in [0, 0.1) is 12.7 Å². The minimum absolute atomic E-state index is 0.167. The van der Waals surface area contributed by atoms with Gasteiger partial charge in [-0.2, -0.15) is 0 Å². The van der Waals surface area contributed by atoms with Gasteiger partial charge in [-0.1, -0.05) is 18.2 Å². The fraction of sp³-hybridized carbons (Fsp3) is 0.304. The van der Waals surface area contributed by atoms with E-state index in [1.807, 2.05) is 35.7 Å². The van der Waals surface area contributed by atoms with Crippen LogP contribution in [0.1, 0.15) is 29.8 Å². The maximum absolute atomic E-state index is 13.9. The van der Waals surface area contributed by atoms with Crippen LogP contribution in [-0.2, 0) is 26.3 Å². The minimum Gasteiger partial charge on any atom is -0.340 e. The first-order chi connectivity index (χ1) is 14.7. The van der Waals surface area contributed by atoms with Crippen LogP contribution in [0.4, 0.5) is 4.39 Å². The monoisotopic (exact) mass is 422 g/mol. The van der Waals surface area contributed by atoms with Crippen molar-refractivity contribution in [2.45, 2.75) is 31.7 Å². The molecule has 160 valence electrons. The molecule has 1 aliphatic heterocycles. The topological polar surface area (TPSA) is 75.0 Å².